The van der Waals surface area contributed by atoms with Gasteiger partial charge in [0.2, 0.25) is 0 Å². The number of hydrogen-bond acceptors (Lipinski definition) is 4. The van der Waals surface area contributed by atoms with Crippen LogP contribution >= 0.6 is 11.6 Å². The van der Waals surface area contributed by atoms with Crippen molar-refractivity contribution >= 4 is 34.6 Å². The van der Waals surface area contributed by atoms with Crippen LogP contribution in [0.1, 0.15) is 17.3 Å². The molecule has 0 aromatic heterocycles. The molecule has 0 aliphatic carbocycles. The summed E-state index contributed by atoms with van der Waals surface area (Å²) < 4.78 is 18.8. The van der Waals surface area contributed by atoms with Gasteiger partial charge in [0.25, 0.3) is 0 Å². The molecule has 2 aromatic rings. The zero-order chi connectivity index (χ0) is 15.4. The number of ether oxygens (including phenoxy) is 1. The zero-order valence-corrected chi connectivity index (χ0v) is 12.1. The van der Waals surface area contributed by atoms with Crippen molar-refractivity contribution in [1.29, 1.82) is 0 Å². The van der Waals surface area contributed by atoms with Crippen LogP contribution in [0, 0.1) is 5.82 Å². The van der Waals surface area contributed by atoms with Gasteiger partial charge in [0, 0.05) is 5.02 Å². The molecule has 0 unspecified atom stereocenters. The number of esters is 1. The lowest BCUT2D eigenvalue weighted by atomic mass is 10.1. The van der Waals surface area contributed by atoms with E-state index in [2.05, 4.69) is 5.32 Å². The second kappa shape index (κ2) is 6.45. The standard InChI is InChI=1S/C15H14ClFN2O2/c1-2-21-15(20)10-4-3-5-12(18)14(10)19-13-8-9(16)6-7-11(13)17/h3-8,19H,2,18H2,1H3. The molecule has 0 atom stereocenters. The van der Waals surface area contributed by atoms with Gasteiger partial charge in [-0.2, -0.15) is 0 Å². The van der Waals surface area contributed by atoms with E-state index in [0.29, 0.717) is 10.7 Å². The maximum Gasteiger partial charge on any atom is 0.340 e. The summed E-state index contributed by atoms with van der Waals surface area (Å²) in [6, 6.07) is 8.86. The Kier molecular flexibility index (Phi) is 4.65. The third-order valence-corrected chi connectivity index (χ3v) is 3.02. The van der Waals surface area contributed by atoms with Gasteiger partial charge in [0.1, 0.15) is 5.82 Å². The van der Waals surface area contributed by atoms with E-state index in [1.54, 1.807) is 25.1 Å². The molecule has 0 saturated carbocycles. The van der Waals surface area contributed by atoms with Crippen LogP contribution < -0.4 is 11.1 Å². The summed E-state index contributed by atoms with van der Waals surface area (Å²) in [5.74, 6) is -1.04. The fourth-order valence-corrected chi connectivity index (χ4v) is 1.99. The number of carbonyl (C=O) groups is 1. The largest absolute Gasteiger partial charge is 0.462 e. The van der Waals surface area contributed by atoms with Crippen LogP contribution in [0.15, 0.2) is 36.4 Å². The van der Waals surface area contributed by atoms with E-state index < -0.39 is 11.8 Å². The number of hydrogen-bond donors (Lipinski definition) is 2. The molecule has 21 heavy (non-hydrogen) atoms. The molecule has 0 aliphatic rings. The van der Waals surface area contributed by atoms with Crippen LogP contribution in [0.25, 0.3) is 0 Å². The van der Waals surface area contributed by atoms with Gasteiger partial charge < -0.3 is 15.8 Å². The van der Waals surface area contributed by atoms with Gasteiger partial charge in [-0.1, -0.05) is 17.7 Å². The Bertz CT molecular complexity index is 677. The van der Waals surface area contributed by atoms with Crippen molar-refractivity contribution in [2.45, 2.75) is 6.92 Å². The van der Waals surface area contributed by atoms with Crippen LogP contribution in [0.5, 0.6) is 0 Å². The molecule has 0 radical (unpaired) electrons. The minimum Gasteiger partial charge on any atom is -0.462 e. The number of nitrogens with one attached hydrogen (secondary N) is 1. The summed E-state index contributed by atoms with van der Waals surface area (Å²) in [7, 11) is 0. The quantitative estimate of drug-likeness (QED) is 0.662. The minimum atomic E-state index is -0.533. The van der Waals surface area contributed by atoms with Crippen molar-refractivity contribution in [1.82, 2.24) is 0 Å². The van der Waals surface area contributed by atoms with Crippen LogP contribution in [-0.2, 0) is 4.74 Å². The number of carbonyl (C=O) groups excluding carboxylic acids is 1. The summed E-state index contributed by atoms with van der Waals surface area (Å²) in [5, 5.41) is 3.17. The predicted molar refractivity (Wildman–Crippen MR) is 81.5 cm³/mol. The van der Waals surface area contributed by atoms with Crippen LogP contribution in [0.4, 0.5) is 21.5 Å². The second-order valence-corrected chi connectivity index (χ2v) is 4.68. The highest BCUT2D eigenvalue weighted by molar-refractivity contribution is 6.30. The molecule has 0 heterocycles. The molecular formula is C15H14ClFN2O2. The van der Waals surface area contributed by atoms with E-state index in [-0.39, 0.29) is 23.5 Å². The Labute approximate surface area is 126 Å². The molecule has 2 aromatic carbocycles. The fraction of sp³-hybridized carbons (Fsp3) is 0.133. The monoisotopic (exact) mass is 308 g/mol. The lowest BCUT2D eigenvalue weighted by molar-refractivity contribution is 0.0527. The van der Waals surface area contributed by atoms with Gasteiger partial charge in [-0.15, -0.1) is 0 Å². The average Bonchev–Trinajstić information content (AvgIpc) is 2.45. The summed E-state index contributed by atoms with van der Waals surface area (Å²) in [5.41, 5.74) is 6.82. The van der Waals surface area contributed by atoms with Crippen molar-refractivity contribution < 1.29 is 13.9 Å². The van der Waals surface area contributed by atoms with E-state index >= 15 is 0 Å². The van der Waals surface area contributed by atoms with Crippen molar-refractivity contribution in [2.24, 2.45) is 0 Å². The van der Waals surface area contributed by atoms with Gasteiger partial charge in [0.05, 0.1) is 29.2 Å². The van der Waals surface area contributed by atoms with E-state index in [1.807, 2.05) is 0 Å². The van der Waals surface area contributed by atoms with Gasteiger partial charge >= 0.3 is 5.97 Å². The normalized spacial score (nSPS) is 10.2. The molecular weight excluding hydrogens is 295 g/mol. The molecule has 0 bridgehead atoms. The first-order chi connectivity index (χ1) is 10.0. The van der Waals surface area contributed by atoms with Crippen molar-refractivity contribution in [2.75, 3.05) is 17.7 Å². The van der Waals surface area contributed by atoms with Gasteiger partial charge in [-0.25, -0.2) is 9.18 Å². The number of nitrogen functional groups attached to an aromatic ring is 1. The topological polar surface area (TPSA) is 64.3 Å². The van der Waals surface area contributed by atoms with Gasteiger partial charge in [-0.3, -0.25) is 0 Å². The molecule has 0 aliphatic heterocycles. The number of anilines is 3. The van der Waals surface area contributed by atoms with Crippen LogP contribution in [0.3, 0.4) is 0 Å². The zero-order valence-electron chi connectivity index (χ0n) is 11.3. The smallest absolute Gasteiger partial charge is 0.340 e. The van der Waals surface area contributed by atoms with E-state index in [1.165, 1.54) is 18.2 Å². The van der Waals surface area contributed by atoms with E-state index in [0.717, 1.165) is 0 Å². The fourth-order valence-electron chi connectivity index (χ4n) is 1.82. The van der Waals surface area contributed by atoms with Crippen molar-refractivity contribution in [3.63, 3.8) is 0 Å². The molecule has 2 rings (SSSR count). The summed E-state index contributed by atoms with van der Waals surface area (Å²) in [4.78, 5) is 11.9. The first-order valence-electron chi connectivity index (χ1n) is 6.30. The Morgan fingerprint density at radius 3 is 2.86 bits per heavy atom. The lowest BCUT2D eigenvalue weighted by Crippen LogP contribution is -2.10. The first-order valence-corrected chi connectivity index (χ1v) is 6.68. The molecule has 110 valence electrons. The third kappa shape index (κ3) is 3.44. The Morgan fingerprint density at radius 2 is 2.14 bits per heavy atom. The SMILES string of the molecule is CCOC(=O)c1cccc(N)c1Nc1cc(Cl)ccc1F. The summed E-state index contributed by atoms with van der Waals surface area (Å²) in [6.07, 6.45) is 0. The predicted octanol–water partition coefficient (Wildman–Crippen LogP) is 3.98. The number of halogens is 2. The molecule has 0 amide bonds. The van der Waals surface area contributed by atoms with Crippen LogP contribution in [-0.4, -0.2) is 12.6 Å². The summed E-state index contributed by atoms with van der Waals surface area (Å²) >= 11 is 5.85. The van der Waals surface area contributed by atoms with E-state index in [9.17, 15) is 9.18 Å². The number of rotatable bonds is 4. The number of para-hydroxylation sites is 1. The minimum absolute atomic E-state index is 0.131. The summed E-state index contributed by atoms with van der Waals surface area (Å²) in [6.45, 7) is 1.94. The number of benzene rings is 2. The van der Waals surface area contributed by atoms with Gasteiger partial charge in [-0.05, 0) is 37.3 Å². The second-order valence-electron chi connectivity index (χ2n) is 4.24. The molecule has 0 saturated heterocycles. The molecule has 0 fully saturated rings. The maximum absolute atomic E-state index is 13.8. The van der Waals surface area contributed by atoms with Crippen molar-refractivity contribution in [3.8, 4) is 0 Å². The Balaban J connectivity index is 2.43. The first kappa shape index (κ1) is 15.1. The maximum atomic E-state index is 13.8. The molecule has 4 nitrogen and oxygen atoms in total. The third-order valence-electron chi connectivity index (χ3n) is 2.78. The lowest BCUT2D eigenvalue weighted by Gasteiger charge is -2.14. The van der Waals surface area contributed by atoms with Crippen LogP contribution in [0.2, 0.25) is 5.02 Å². The molecule has 0 spiro atoms. The van der Waals surface area contributed by atoms with Gasteiger partial charge in [0.15, 0.2) is 0 Å². The highest BCUT2D eigenvalue weighted by atomic mass is 35.5. The Morgan fingerprint density at radius 1 is 1.38 bits per heavy atom. The highest BCUT2D eigenvalue weighted by Crippen LogP contribution is 2.30. The molecule has 3 N–H and O–H groups in total. The average molecular weight is 309 g/mol. The van der Waals surface area contributed by atoms with Crippen molar-refractivity contribution in [3.05, 3.63) is 52.8 Å². The highest BCUT2D eigenvalue weighted by Gasteiger charge is 2.16. The van der Waals surface area contributed by atoms with E-state index in [4.69, 9.17) is 22.1 Å². The molecule has 6 heteroatoms. The Hall–Kier alpha value is -2.27. The number of nitrogens with two attached hydrogens (primary N) is 1.